The van der Waals surface area contributed by atoms with Crippen LogP contribution in [0.25, 0.3) is 16.9 Å². The van der Waals surface area contributed by atoms with E-state index in [-0.39, 0.29) is 5.82 Å². The van der Waals surface area contributed by atoms with Crippen LogP contribution in [-0.4, -0.2) is 9.55 Å². The summed E-state index contributed by atoms with van der Waals surface area (Å²) < 4.78 is 20.6. The van der Waals surface area contributed by atoms with Crippen LogP contribution in [0.2, 0.25) is 5.02 Å². The Morgan fingerprint density at radius 2 is 1.95 bits per heavy atom. The SMILES string of the molecule is Fc1ccc(-c2cn3c(n2)COc2ccc(Cl)cc2-3)cc1. The molecule has 0 saturated carbocycles. The number of imidazole rings is 1. The van der Waals surface area contributed by atoms with Crippen molar-refractivity contribution in [3.05, 3.63) is 65.3 Å². The van der Waals surface area contributed by atoms with Gasteiger partial charge >= 0.3 is 0 Å². The Labute approximate surface area is 125 Å². The van der Waals surface area contributed by atoms with Crippen molar-refractivity contribution in [2.24, 2.45) is 0 Å². The molecule has 0 aliphatic carbocycles. The Morgan fingerprint density at radius 3 is 2.76 bits per heavy atom. The number of rotatable bonds is 1. The number of hydrogen-bond donors (Lipinski definition) is 0. The molecule has 1 aromatic heterocycles. The second-order valence-electron chi connectivity index (χ2n) is 4.82. The van der Waals surface area contributed by atoms with E-state index in [0.717, 1.165) is 28.5 Å². The number of fused-ring (bicyclic) bond motifs is 3. The van der Waals surface area contributed by atoms with E-state index in [0.29, 0.717) is 11.6 Å². The molecule has 1 aliphatic heterocycles. The van der Waals surface area contributed by atoms with Crippen LogP contribution in [0.15, 0.2) is 48.7 Å². The number of halogens is 2. The fourth-order valence-electron chi connectivity index (χ4n) is 2.43. The lowest BCUT2D eigenvalue weighted by Crippen LogP contribution is -2.12. The lowest BCUT2D eigenvalue weighted by molar-refractivity contribution is 0.279. The summed E-state index contributed by atoms with van der Waals surface area (Å²) in [5.41, 5.74) is 2.51. The molecule has 104 valence electrons. The van der Waals surface area contributed by atoms with Crippen LogP contribution in [-0.2, 0) is 6.61 Å². The molecule has 2 aromatic carbocycles. The van der Waals surface area contributed by atoms with Gasteiger partial charge in [-0.3, -0.25) is 4.57 Å². The second-order valence-corrected chi connectivity index (χ2v) is 5.26. The van der Waals surface area contributed by atoms with E-state index >= 15 is 0 Å². The van der Waals surface area contributed by atoms with Crippen LogP contribution >= 0.6 is 11.6 Å². The van der Waals surface area contributed by atoms with Crippen LogP contribution in [0, 0.1) is 5.82 Å². The molecule has 2 heterocycles. The highest BCUT2D eigenvalue weighted by Gasteiger charge is 2.20. The van der Waals surface area contributed by atoms with Gasteiger partial charge in [0.1, 0.15) is 18.2 Å². The molecule has 5 heteroatoms. The van der Waals surface area contributed by atoms with Crippen LogP contribution < -0.4 is 4.74 Å². The van der Waals surface area contributed by atoms with Gasteiger partial charge in [-0.25, -0.2) is 9.37 Å². The van der Waals surface area contributed by atoms with Crippen LogP contribution in [0.1, 0.15) is 5.82 Å². The highest BCUT2D eigenvalue weighted by atomic mass is 35.5. The summed E-state index contributed by atoms with van der Waals surface area (Å²) in [6.45, 7) is 0.399. The predicted molar refractivity (Wildman–Crippen MR) is 78.3 cm³/mol. The van der Waals surface area contributed by atoms with Gasteiger partial charge in [0.25, 0.3) is 0 Å². The molecule has 0 N–H and O–H groups in total. The summed E-state index contributed by atoms with van der Waals surface area (Å²) in [5, 5.41) is 0.641. The van der Waals surface area contributed by atoms with Gasteiger partial charge in [-0.2, -0.15) is 0 Å². The maximum atomic E-state index is 13.0. The molecule has 0 spiro atoms. The van der Waals surface area contributed by atoms with E-state index in [1.807, 2.05) is 22.9 Å². The Hall–Kier alpha value is -2.33. The zero-order valence-electron chi connectivity index (χ0n) is 10.9. The molecular formula is C16H10ClFN2O. The minimum Gasteiger partial charge on any atom is -0.483 e. The van der Waals surface area contributed by atoms with Crippen molar-refractivity contribution < 1.29 is 9.13 Å². The number of nitrogens with zero attached hydrogens (tertiary/aromatic N) is 2. The molecule has 3 aromatic rings. The first-order valence-corrected chi connectivity index (χ1v) is 6.85. The average Bonchev–Trinajstić information content (AvgIpc) is 2.92. The van der Waals surface area contributed by atoms with Crippen LogP contribution in [0.5, 0.6) is 5.75 Å². The Balaban J connectivity index is 1.84. The second kappa shape index (κ2) is 4.60. The van der Waals surface area contributed by atoms with Gasteiger partial charge in [0.05, 0.1) is 11.4 Å². The van der Waals surface area contributed by atoms with E-state index in [2.05, 4.69) is 4.98 Å². The number of benzene rings is 2. The first kappa shape index (κ1) is 12.4. The molecule has 0 bridgehead atoms. The van der Waals surface area contributed by atoms with E-state index < -0.39 is 0 Å². The van der Waals surface area contributed by atoms with E-state index in [9.17, 15) is 4.39 Å². The lowest BCUT2D eigenvalue weighted by Gasteiger charge is -2.19. The Bertz CT molecular complexity index is 827. The van der Waals surface area contributed by atoms with Crippen molar-refractivity contribution in [3.63, 3.8) is 0 Å². The predicted octanol–water partition coefficient (Wildman–Crippen LogP) is 4.22. The molecule has 0 amide bonds. The fourth-order valence-corrected chi connectivity index (χ4v) is 2.60. The van der Waals surface area contributed by atoms with Crippen LogP contribution in [0.4, 0.5) is 4.39 Å². The summed E-state index contributed by atoms with van der Waals surface area (Å²) >= 11 is 6.05. The summed E-state index contributed by atoms with van der Waals surface area (Å²) in [7, 11) is 0. The minimum absolute atomic E-state index is 0.261. The van der Waals surface area contributed by atoms with Crippen molar-refractivity contribution >= 4 is 11.6 Å². The standard InChI is InChI=1S/C16H10ClFN2O/c17-11-3-6-15-14(7-11)20-8-13(19-16(20)9-21-15)10-1-4-12(18)5-2-10/h1-8H,9H2. The quantitative estimate of drug-likeness (QED) is 0.672. The van der Waals surface area contributed by atoms with Crippen molar-refractivity contribution in [1.29, 1.82) is 0 Å². The van der Waals surface area contributed by atoms with Crippen molar-refractivity contribution in [2.45, 2.75) is 6.61 Å². The van der Waals surface area contributed by atoms with E-state index in [1.165, 1.54) is 12.1 Å². The molecule has 3 nitrogen and oxygen atoms in total. The number of ether oxygens (including phenoxy) is 1. The normalized spacial score (nSPS) is 12.5. The molecule has 0 atom stereocenters. The van der Waals surface area contributed by atoms with Gasteiger partial charge in [0.2, 0.25) is 0 Å². The Kier molecular flexibility index (Phi) is 2.72. The third-order valence-corrected chi connectivity index (χ3v) is 3.69. The summed E-state index contributed by atoms with van der Waals surface area (Å²) in [5.74, 6) is 1.31. The van der Waals surface area contributed by atoms with Gasteiger partial charge in [0, 0.05) is 16.8 Å². The van der Waals surface area contributed by atoms with Crippen molar-refractivity contribution in [1.82, 2.24) is 9.55 Å². The molecule has 4 rings (SSSR count). The minimum atomic E-state index is -0.261. The first-order valence-electron chi connectivity index (χ1n) is 6.48. The molecular weight excluding hydrogens is 291 g/mol. The summed E-state index contributed by atoms with van der Waals surface area (Å²) in [4.78, 5) is 4.55. The third-order valence-electron chi connectivity index (χ3n) is 3.46. The maximum Gasteiger partial charge on any atom is 0.152 e. The maximum absolute atomic E-state index is 13.0. The summed E-state index contributed by atoms with van der Waals surface area (Å²) in [6.07, 6.45) is 1.92. The monoisotopic (exact) mass is 300 g/mol. The Morgan fingerprint density at radius 1 is 1.14 bits per heavy atom. The highest BCUT2D eigenvalue weighted by Crippen LogP contribution is 2.33. The first-order chi connectivity index (χ1) is 10.2. The van der Waals surface area contributed by atoms with Crippen molar-refractivity contribution in [2.75, 3.05) is 0 Å². The van der Waals surface area contributed by atoms with E-state index in [1.54, 1.807) is 18.2 Å². The molecule has 0 saturated heterocycles. The zero-order chi connectivity index (χ0) is 14.4. The number of aromatic nitrogens is 2. The fraction of sp³-hybridized carbons (Fsp3) is 0.0625. The van der Waals surface area contributed by atoms with Gasteiger partial charge < -0.3 is 4.74 Å². The smallest absolute Gasteiger partial charge is 0.152 e. The topological polar surface area (TPSA) is 27.1 Å². The van der Waals surface area contributed by atoms with E-state index in [4.69, 9.17) is 16.3 Å². The lowest BCUT2D eigenvalue weighted by atomic mass is 10.2. The molecule has 21 heavy (non-hydrogen) atoms. The molecule has 0 fully saturated rings. The van der Waals surface area contributed by atoms with Gasteiger partial charge in [-0.05, 0) is 42.5 Å². The largest absolute Gasteiger partial charge is 0.483 e. The van der Waals surface area contributed by atoms with Crippen LogP contribution in [0.3, 0.4) is 0 Å². The molecule has 1 aliphatic rings. The van der Waals surface area contributed by atoms with Gasteiger partial charge in [0.15, 0.2) is 5.82 Å². The van der Waals surface area contributed by atoms with Crippen molar-refractivity contribution in [3.8, 4) is 22.7 Å². The summed E-state index contributed by atoms with van der Waals surface area (Å²) in [6, 6.07) is 11.8. The van der Waals surface area contributed by atoms with Gasteiger partial charge in [-0.15, -0.1) is 0 Å². The van der Waals surface area contributed by atoms with Gasteiger partial charge in [-0.1, -0.05) is 11.6 Å². The highest BCUT2D eigenvalue weighted by molar-refractivity contribution is 6.30. The number of hydrogen-bond acceptors (Lipinski definition) is 2. The average molecular weight is 301 g/mol. The third kappa shape index (κ3) is 2.08. The molecule has 0 unspecified atom stereocenters. The zero-order valence-corrected chi connectivity index (χ0v) is 11.6. The molecule has 0 radical (unpaired) electrons.